The topological polar surface area (TPSA) is 75.4 Å². The number of hydrogen-bond acceptors (Lipinski definition) is 4. The van der Waals surface area contributed by atoms with Crippen LogP contribution >= 0.6 is 0 Å². The Labute approximate surface area is 157 Å². The third-order valence-corrected chi connectivity index (χ3v) is 4.89. The molecule has 4 rings (SSSR count). The van der Waals surface area contributed by atoms with Crippen molar-refractivity contribution < 1.29 is 14.0 Å². The van der Waals surface area contributed by atoms with Crippen LogP contribution in [0, 0.1) is 5.92 Å². The van der Waals surface area contributed by atoms with Crippen LogP contribution < -0.4 is 5.32 Å². The Morgan fingerprint density at radius 2 is 2.11 bits per heavy atom. The molecule has 3 heterocycles. The van der Waals surface area contributed by atoms with E-state index in [4.69, 9.17) is 4.42 Å². The van der Waals surface area contributed by atoms with Gasteiger partial charge >= 0.3 is 0 Å². The lowest BCUT2D eigenvalue weighted by atomic mass is 10.1. The first kappa shape index (κ1) is 17.3. The second-order valence-electron chi connectivity index (χ2n) is 6.91. The number of aromatic nitrogens is 1. The van der Waals surface area contributed by atoms with Crippen molar-refractivity contribution in [3.05, 3.63) is 66.2 Å². The highest BCUT2D eigenvalue weighted by Crippen LogP contribution is 2.25. The number of nitrogens with one attached hydrogen (secondary N) is 1. The second kappa shape index (κ2) is 7.23. The van der Waals surface area contributed by atoms with Gasteiger partial charge in [-0.15, -0.1) is 0 Å². The molecule has 1 saturated heterocycles. The summed E-state index contributed by atoms with van der Waals surface area (Å²) in [5.41, 5.74) is 1.62. The van der Waals surface area contributed by atoms with E-state index in [1.165, 1.54) is 0 Å². The van der Waals surface area contributed by atoms with Gasteiger partial charge in [0.05, 0.1) is 24.2 Å². The summed E-state index contributed by atoms with van der Waals surface area (Å²) in [5.74, 6) is 0.212. The maximum atomic E-state index is 12.6. The molecular formula is C21H21N3O3. The quantitative estimate of drug-likeness (QED) is 0.756. The molecule has 0 bridgehead atoms. The Bertz CT molecular complexity index is 934. The molecule has 3 aromatic rings. The van der Waals surface area contributed by atoms with Gasteiger partial charge in [-0.1, -0.05) is 24.3 Å². The van der Waals surface area contributed by atoms with E-state index in [1.54, 1.807) is 11.1 Å². The van der Waals surface area contributed by atoms with Crippen molar-refractivity contribution in [2.45, 2.75) is 25.9 Å². The monoisotopic (exact) mass is 363 g/mol. The van der Waals surface area contributed by atoms with Gasteiger partial charge in [0.2, 0.25) is 11.8 Å². The fourth-order valence-corrected chi connectivity index (χ4v) is 3.41. The lowest BCUT2D eigenvalue weighted by Crippen LogP contribution is -2.34. The van der Waals surface area contributed by atoms with Gasteiger partial charge in [-0.05, 0) is 31.2 Å². The highest BCUT2D eigenvalue weighted by molar-refractivity contribution is 5.89. The van der Waals surface area contributed by atoms with Crippen molar-refractivity contribution in [3.8, 4) is 0 Å². The van der Waals surface area contributed by atoms with Crippen molar-refractivity contribution in [1.29, 1.82) is 0 Å². The maximum absolute atomic E-state index is 12.6. The number of carbonyl (C=O) groups is 2. The lowest BCUT2D eigenvalue weighted by Gasteiger charge is -2.17. The van der Waals surface area contributed by atoms with Gasteiger partial charge in [0.25, 0.3) is 0 Å². The largest absolute Gasteiger partial charge is 0.459 e. The van der Waals surface area contributed by atoms with Gasteiger partial charge in [-0.3, -0.25) is 14.6 Å². The lowest BCUT2D eigenvalue weighted by molar-refractivity contribution is -0.129. The first-order valence-corrected chi connectivity index (χ1v) is 9.06. The zero-order valence-corrected chi connectivity index (χ0v) is 15.1. The summed E-state index contributed by atoms with van der Waals surface area (Å²) in [6.07, 6.45) is 1.93. The molecule has 0 aliphatic carbocycles. The number of benzene rings is 1. The van der Waals surface area contributed by atoms with E-state index in [0.717, 1.165) is 16.7 Å². The maximum Gasteiger partial charge on any atom is 0.226 e. The molecule has 6 heteroatoms. The van der Waals surface area contributed by atoms with E-state index >= 15 is 0 Å². The molecule has 2 amide bonds. The molecule has 6 nitrogen and oxygen atoms in total. The number of para-hydroxylation sites is 1. The molecule has 1 N–H and O–H groups in total. The van der Waals surface area contributed by atoms with Crippen molar-refractivity contribution in [2.24, 2.45) is 5.92 Å². The van der Waals surface area contributed by atoms with Gasteiger partial charge < -0.3 is 14.6 Å². The Balaban J connectivity index is 1.38. The number of fused-ring (bicyclic) bond motifs is 1. The molecule has 2 atom stereocenters. The number of pyridine rings is 1. The molecule has 27 heavy (non-hydrogen) atoms. The van der Waals surface area contributed by atoms with Crippen LogP contribution in [0.2, 0.25) is 0 Å². The summed E-state index contributed by atoms with van der Waals surface area (Å²) in [7, 11) is 0. The molecular weight excluding hydrogens is 342 g/mol. The van der Waals surface area contributed by atoms with Crippen molar-refractivity contribution in [1.82, 2.24) is 15.2 Å². The van der Waals surface area contributed by atoms with Gasteiger partial charge in [-0.2, -0.15) is 0 Å². The van der Waals surface area contributed by atoms with Crippen LogP contribution in [-0.4, -0.2) is 28.2 Å². The third kappa shape index (κ3) is 3.69. The van der Waals surface area contributed by atoms with Crippen molar-refractivity contribution >= 4 is 22.8 Å². The average molecular weight is 363 g/mol. The Hall–Kier alpha value is -3.15. The molecule has 2 aromatic heterocycles. The number of carbonyl (C=O) groups excluding carboxylic acids is 2. The van der Waals surface area contributed by atoms with E-state index < -0.39 is 0 Å². The fraction of sp³-hybridized carbons (Fsp3) is 0.286. The van der Waals surface area contributed by atoms with Crippen molar-refractivity contribution in [2.75, 3.05) is 6.54 Å². The minimum absolute atomic E-state index is 0.0165. The molecule has 138 valence electrons. The summed E-state index contributed by atoms with van der Waals surface area (Å²) in [4.78, 5) is 30.8. The first-order valence-electron chi connectivity index (χ1n) is 9.06. The number of amides is 2. The molecule has 0 spiro atoms. The van der Waals surface area contributed by atoms with E-state index in [9.17, 15) is 9.59 Å². The first-order chi connectivity index (χ1) is 13.1. The van der Waals surface area contributed by atoms with Gasteiger partial charge in [0.1, 0.15) is 11.3 Å². The number of likely N-dealkylation sites (tertiary alicyclic amines) is 1. The Morgan fingerprint density at radius 3 is 2.89 bits per heavy atom. The van der Waals surface area contributed by atoms with Crippen LogP contribution in [0.5, 0.6) is 0 Å². The standard InChI is InChI=1S/C21H21N3O3/c1-14(19-10-15-6-2-3-8-18(15)27-19)23-21(26)16-11-20(25)24(12-16)13-17-7-4-5-9-22-17/h2-10,14,16H,11-13H2,1H3,(H,23,26)/t14-,16-/m0/s1. The molecule has 1 aliphatic rings. The Morgan fingerprint density at radius 1 is 1.30 bits per heavy atom. The van der Waals surface area contributed by atoms with Crippen LogP contribution in [0.1, 0.15) is 30.8 Å². The van der Waals surface area contributed by atoms with Gasteiger partial charge in [-0.25, -0.2) is 0 Å². The molecule has 0 radical (unpaired) electrons. The summed E-state index contributed by atoms with van der Waals surface area (Å²) in [6, 6.07) is 15.0. The summed E-state index contributed by atoms with van der Waals surface area (Å²) < 4.78 is 5.81. The van der Waals surface area contributed by atoms with Crippen LogP contribution in [0.25, 0.3) is 11.0 Å². The highest BCUT2D eigenvalue weighted by atomic mass is 16.3. The van der Waals surface area contributed by atoms with Crippen LogP contribution in [0.4, 0.5) is 0 Å². The van der Waals surface area contributed by atoms with Crippen molar-refractivity contribution in [3.63, 3.8) is 0 Å². The summed E-state index contributed by atoms with van der Waals surface area (Å²) in [5, 5.41) is 3.98. The third-order valence-electron chi connectivity index (χ3n) is 4.89. The highest BCUT2D eigenvalue weighted by Gasteiger charge is 2.35. The smallest absolute Gasteiger partial charge is 0.226 e. The summed E-state index contributed by atoms with van der Waals surface area (Å²) >= 11 is 0. The van der Waals surface area contributed by atoms with Gasteiger partial charge in [0, 0.05) is 24.5 Å². The molecule has 1 aromatic carbocycles. The number of furan rings is 1. The molecule has 0 unspecified atom stereocenters. The molecule has 1 aliphatic heterocycles. The second-order valence-corrected chi connectivity index (χ2v) is 6.91. The normalized spacial score (nSPS) is 18.0. The van der Waals surface area contributed by atoms with E-state index in [-0.39, 0.29) is 30.2 Å². The van der Waals surface area contributed by atoms with E-state index in [2.05, 4.69) is 10.3 Å². The average Bonchev–Trinajstić information content (AvgIpc) is 3.26. The zero-order chi connectivity index (χ0) is 18.8. The van der Waals surface area contributed by atoms with Gasteiger partial charge in [0.15, 0.2) is 0 Å². The van der Waals surface area contributed by atoms with Crippen LogP contribution in [0.15, 0.2) is 59.1 Å². The molecule has 1 fully saturated rings. The SMILES string of the molecule is C[C@H](NC(=O)[C@H]1CC(=O)N(Cc2ccccn2)C1)c1cc2ccccc2o1. The van der Waals surface area contributed by atoms with E-state index in [0.29, 0.717) is 18.8 Å². The molecule has 0 saturated carbocycles. The minimum Gasteiger partial charge on any atom is -0.459 e. The minimum atomic E-state index is -0.354. The zero-order valence-electron chi connectivity index (χ0n) is 15.1. The number of nitrogens with zero attached hydrogens (tertiary/aromatic N) is 2. The van der Waals surface area contributed by atoms with Crippen LogP contribution in [-0.2, 0) is 16.1 Å². The number of rotatable bonds is 5. The van der Waals surface area contributed by atoms with Crippen LogP contribution in [0.3, 0.4) is 0 Å². The Kier molecular flexibility index (Phi) is 4.62. The number of hydrogen-bond donors (Lipinski definition) is 1. The summed E-state index contributed by atoms with van der Waals surface area (Å²) in [6.45, 7) is 2.73. The predicted octanol–water partition coefficient (Wildman–Crippen LogP) is 3.05. The fourth-order valence-electron chi connectivity index (χ4n) is 3.41. The predicted molar refractivity (Wildman–Crippen MR) is 101 cm³/mol. The van der Waals surface area contributed by atoms with E-state index in [1.807, 2.05) is 55.5 Å².